The van der Waals surface area contributed by atoms with Gasteiger partial charge in [0.05, 0.1) is 18.9 Å². The van der Waals surface area contributed by atoms with E-state index in [1.54, 1.807) is 23.1 Å². The smallest absolute Gasteiger partial charge is 0.228 e. The van der Waals surface area contributed by atoms with Crippen molar-refractivity contribution in [3.63, 3.8) is 0 Å². The van der Waals surface area contributed by atoms with E-state index in [2.05, 4.69) is 38.9 Å². The predicted octanol–water partition coefficient (Wildman–Crippen LogP) is 4.75. The van der Waals surface area contributed by atoms with E-state index < -0.39 is 0 Å². The Morgan fingerprint density at radius 2 is 1.97 bits per heavy atom. The van der Waals surface area contributed by atoms with Crippen LogP contribution in [0.1, 0.15) is 24.5 Å². The molecule has 3 heterocycles. The number of nitrogens with zero attached hydrogens (tertiary/aromatic N) is 5. The Hall–Kier alpha value is -1.81. The van der Waals surface area contributed by atoms with Gasteiger partial charge in [-0.2, -0.15) is 0 Å². The fraction of sp³-hybridized carbons (Fsp3) is 0.476. The highest BCUT2D eigenvalue weighted by molar-refractivity contribution is 7.98. The third kappa shape index (κ3) is 6.12. The lowest BCUT2D eigenvalue weighted by Gasteiger charge is -2.28. The molecule has 0 aliphatic carbocycles. The average molecular weight is 480 g/mol. The molecule has 0 amide bonds. The summed E-state index contributed by atoms with van der Waals surface area (Å²) in [7, 11) is 0. The summed E-state index contributed by atoms with van der Waals surface area (Å²) in [6, 6.07) is 7.36. The lowest BCUT2D eigenvalue weighted by atomic mass is 10.2. The summed E-state index contributed by atoms with van der Waals surface area (Å²) in [6.45, 7) is 8.93. The van der Waals surface area contributed by atoms with Crippen LogP contribution in [-0.2, 0) is 23.6 Å². The van der Waals surface area contributed by atoms with Gasteiger partial charge in [-0.1, -0.05) is 37.2 Å². The molecule has 0 N–H and O–H groups in total. The number of benzene rings is 1. The van der Waals surface area contributed by atoms with Gasteiger partial charge >= 0.3 is 0 Å². The Morgan fingerprint density at radius 1 is 1.19 bits per heavy atom. The Labute approximate surface area is 195 Å². The van der Waals surface area contributed by atoms with Crippen molar-refractivity contribution in [1.82, 2.24) is 19.7 Å². The number of thioether (sulfide) groups is 1. The van der Waals surface area contributed by atoms with Crippen LogP contribution in [0.4, 0.5) is 5.95 Å². The monoisotopic (exact) mass is 479 g/mol. The summed E-state index contributed by atoms with van der Waals surface area (Å²) >= 11 is 9.20. The molecule has 2 aromatic heterocycles. The van der Waals surface area contributed by atoms with Crippen LogP contribution in [0.3, 0.4) is 0 Å². The summed E-state index contributed by atoms with van der Waals surface area (Å²) in [5.41, 5.74) is 1.02. The first kappa shape index (κ1) is 22.4. The molecule has 1 aliphatic rings. The maximum absolute atomic E-state index is 5.91. The standard InChI is InChI=1S/C21H26ClN5O2S2/c1-15(2)11-27-20(26-7-9-28-10-8-26)24-25-21(27)31-14-17-13-30-19(23-17)12-29-18-5-3-16(22)4-6-18/h3-6,13,15H,7-12,14H2,1-2H3. The molecular weight excluding hydrogens is 454 g/mol. The number of ether oxygens (including phenoxy) is 2. The molecular formula is C21H26ClN5O2S2. The van der Waals surface area contributed by atoms with Crippen molar-refractivity contribution in [1.29, 1.82) is 0 Å². The van der Waals surface area contributed by atoms with E-state index >= 15 is 0 Å². The van der Waals surface area contributed by atoms with Crippen LogP contribution in [0, 0.1) is 5.92 Å². The number of morpholine rings is 1. The van der Waals surface area contributed by atoms with Gasteiger partial charge < -0.3 is 14.4 Å². The van der Waals surface area contributed by atoms with Crippen LogP contribution in [0.5, 0.6) is 5.75 Å². The number of halogens is 1. The zero-order chi connectivity index (χ0) is 21.6. The van der Waals surface area contributed by atoms with Crippen molar-refractivity contribution in [2.24, 2.45) is 5.92 Å². The number of hydrogen-bond donors (Lipinski definition) is 0. The minimum absolute atomic E-state index is 0.446. The van der Waals surface area contributed by atoms with Crippen LogP contribution in [0.25, 0.3) is 0 Å². The molecule has 3 aromatic rings. The molecule has 0 atom stereocenters. The highest BCUT2D eigenvalue weighted by Gasteiger charge is 2.21. The molecule has 1 aromatic carbocycles. The summed E-state index contributed by atoms with van der Waals surface area (Å²) in [5.74, 6) is 2.98. The van der Waals surface area contributed by atoms with Crippen molar-refractivity contribution in [3.8, 4) is 5.75 Å². The molecule has 10 heteroatoms. The lowest BCUT2D eigenvalue weighted by molar-refractivity contribution is 0.121. The quantitative estimate of drug-likeness (QED) is 0.410. The van der Waals surface area contributed by atoms with Gasteiger partial charge in [0, 0.05) is 35.8 Å². The third-order valence-electron chi connectivity index (χ3n) is 4.66. The van der Waals surface area contributed by atoms with E-state index in [9.17, 15) is 0 Å². The molecule has 1 fully saturated rings. The van der Waals surface area contributed by atoms with E-state index in [0.717, 1.165) is 66.2 Å². The molecule has 0 radical (unpaired) electrons. The van der Waals surface area contributed by atoms with Crippen LogP contribution < -0.4 is 9.64 Å². The molecule has 7 nitrogen and oxygen atoms in total. The maximum atomic E-state index is 5.91. The van der Waals surface area contributed by atoms with Gasteiger partial charge in [-0.05, 0) is 30.2 Å². The van der Waals surface area contributed by atoms with Gasteiger partial charge in [0.1, 0.15) is 17.4 Å². The maximum Gasteiger partial charge on any atom is 0.228 e. The second-order valence-corrected chi connectivity index (χ2v) is 9.97. The zero-order valence-corrected chi connectivity index (χ0v) is 20.0. The van der Waals surface area contributed by atoms with Crippen molar-refractivity contribution in [2.45, 2.75) is 37.9 Å². The summed E-state index contributed by atoms with van der Waals surface area (Å²) < 4.78 is 13.5. The SMILES string of the molecule is CC(C)Cn1c(SCc2csc(COc3ccc(Cl)cc3)n2)nnc1N1CCOCC1. The Balaban J connectivity index is 1.37. The molecule has 0 unspecified atom stereocenters. The van der Waals surface area contributed by atoms with Crippen LogP contribution >= 0.6 is 34.7 Å². The van der Waals surface area contributed by atoms with Crippen molar-refractivity contribution in [2.75, 3.05) is 31.2 Å². The van der Waals surface area contributed by atoms with E-state index in [4.69, 9.17) is 26.1 Å². The number of rotatable bonds is 9. The second-order valence-electron chi connectivity index (χ2n) is 7.65. The lowest BCUT2D eigenvalue weighted by Crippen LogP contribution is -2.38. The van der Waals surface area contributed by atoms with E-state index in [1.165, 1.54) is 0 Å². The van der Waals surface area contributed by atoms with Crippen molar-refractivity contribution < 1.29 is 9.47 Å². The van der Waals surface area contributed by atoms with E-state index in [0.29, 0.717) is 17.5 Å². The molecule has 166 valence electrons. The fourth-order valence-electron chi connectivity index (χ4n) is 3.21. The van der Waals surface area contributed by atoms with Gasteiger partial charge in [0.25, 0.3) is 0 Å². The zero-order valence-electron chi connectivity index (χ0n) is 17.7. The number of hydrogen-bond acceptors (Lipinski definition) is 8. The first-order chi connectivity index (χ1) is 15.1. The summed E-state index contributed by atoms with van der Waals surface area (Å²) in [6.07, 6.45) is 0. The van der Waals surface area contributed by atoms with Crippen LogP contribution in [-0.4, -0.2) is 46.1 Å². The molecule has 0 bridgehead atoms. The normalized spacial score (nSPS) is 14.4. The Morgan fingerprint density at radius 3 is 2.71 bits per heavy atom. The largest absolute Gasteiger partial charge is 0.486 e. The van der Waals surface area contributed by atoms with Crippen LogP contribution in [0.2, 0.25) is 5.02 Å². The number of anilines is 1. The topological polar surface area (TPSA) is 65.3 Å². The second kappa shape index (κ2) is 10.7. The van der Waals surface area contributed by atoms with Gasteiger partial charge in [-0.25, -0.2) is 4.98 Å². The molecule has 31 heavy (non-hydrogen) atoms. The van der Waals surface area contributed by atoms with Gasteiger partial charge in [-0.3, -0.25) is 4.57 Å². The minimum atomic E-state index is 0.446. The highest BCUT2D eigenvalue weighted by atomic mass is 35.5. The average Bonchev–Trinajstić information content (AvgIpc) is 3.39. The van der Waals surface area contributed by atoms with E-state index in [-0.39, 0.29) is 0 Å². The van der Waals surface area contributed by atoms with Gasteiger partial charge in [-0.15, -0.1) is 21.5 Å². The first-order valence-corrected chi connectivity index (χ1v) is 12.5. The fourth-order valence-corrected chi connectivity index (χ4v) is 4.98. The minimum Gasteiger partial charge on any atom is -0.486 e. The number of thiazole rings is 1. The molecule has 1 aliphatic heterocycles. The summed E-state index contributed by atoms with van der Waals surface area (Å²) in [5, 5.41) is 13.6. The molecule has 0 spiro atoms. The molecule has 0 saturated carbocycles. The Bertz CT molecular complexity index is 971. The van der Waals surface area contributed by atoms with E-state index in [1.807, 2.05) is 24.3 Å². The third-order valence-corrected chi connectivity index (χ3v) is 6.79. The van der Waals surface area contributed by atoms with Crippen molar-refractivity contribution in [3.05, 3.63) is 45.4 Å². The predicted molar refractivity (Wildman–Crippen MR) is 125 cm³/mol. The van der Waals surface area contributed by atoms with Crippen LogP contribution in [0.15, 0.2) is 34.8 Å². The molecule has 4 rings (SSSR count). The van der Waals surface area contributed by atoms with Crippen molar-refractivity contribution >= 4 is 40.6 Å². The van der Waals surface area contributed by atoms with Gasteiger partial charge in [0.2, 0.25) is 5.95 Å². The molecule has 1 saturated heterocycles. The first-order valence-electron chi connectivity index (χ1n) is 10.3. The van der Waals surface area contributed by atoms with Gasteiger partial charge in [0.15, 0.2) is 5.16 Å². The highest BCUT2D eigenvalue weighted by Crippen LogP contribution is 2.27. The number of aromatic nitrogens is 4. The Kier molecular flexibility index (Phi) is 7.71. The summed E-state index contributed by atoms with van der Waals surface area (Å²) in [4.78, 5) is 6.97.